The van der Waals surface area contributed by atoms with Crippen LogP contribution in [-0.4, -0.2) is 56.3 Å². The first-order chi connectivity index (χ1) is 13.8. The minimum atomic E-state index is -3.83. The van der Waals surface area contributed by atoms with E-state index in [0.717, 1.165) is 0 Å². The molecule has 3 rings (SSSR count). The molecule has 2 aromatic carbocycles. The number of sulfonamides is 1. The molecular weight excluding hydrogens is 465 g/mol. The molecule has 0 radical (unpaired) electrons. The Morgan fingerprint density at radius 2 is 1.86 bits per heavy atom. The van der Waals surface area contributed by atoms with Gasteiger partial charge in [0.2, 0.25) is 10.0 Å². The summed E-state index contributed by atoms with van der Waals surface area (Å²) in [5.41, 5.74) is 0.0796. The third-order valence-electron chi connectivity index (χ3n) is 4.46. The van der Waals surface area contributed by atoms with E-state index in [1.54, 1.807) is 18.2 Å². The molecule has 0 aliphatic carbocycles. The molecule has 0 N–H and O–H groups in total. The number of hydrogen-bond donors (Lipinski definition) is 0. The van der Waals surface area contributed by atoms with Crippen LogP contribution in [0.3, 0.4) is 0 Å². The van der Waals surface area contributed by atoms with Gasteiger partial charge < -0.3 is 9.64 Å². The van der Waals surface area contributed by atoms with E-state index in [2.05, 4.69) is 15.9 Å². The van der Waals surface area contributed by atoms with Crippen LogP contribution in [0.25, 0.3) is 0 Å². The van der Waals surface area contributed by atoms with Crippen molar-refractivity contribution in [1.29, 1.82) is 5.26 Å². The lowest BCUT2D eigenvalue weighted by molar-refractivity contribution is -0.134. The van der Waals surface area contributed by atoms with Crippen molar-refractivity contribution in [3.63, 3.8) is 0 Å². The van der Waals surface area contributed by atoms with E-state index in [0.29, 0.717) is 4.47 Å². The second-order valence-electron chi connectivity index (χ2n) is 6.26. The summed E-state index contributed by atoms with van der Waals surface area (Å²) in [6.45, 7) is 0.210. The van der Waals surface area contributed by atoms with Gasteiger partial charge in [-0.05, 0) is 30.3 Å². The summed E-state index contributed by atoms with van der Waals surface area (Å²) in [4.78, 5) is 13.8. The van der Waals surface area contributed by atoms with Crippen LogP contribution in [0.15, 0.2) is 51.8 Å². The van der Waals surface area contributed by atoms with E-state index < -0.39 is 15.8 Å². The molecule has 1 heterocycles. The number of benzene rings is 2. The van der Waals surface area contributed by atoms with Crippen molar-refractivity contribution in [3.05, 3.63) is 58.3 Å². The zero-order valence-electron chi connectivity index (χ0n) is 15.2. The highest BCUT2D eigenvalue weighted by molar-refractivity contribution is 9.10. The molecule has 2 aromatic rings. The van der Waals surface area contributed by atoms with Crippen molar-refractivity contribution in [1.82, 2.24) is 9.21 Å². The normalized spacial score (nSPS) is 15.0. The van der Waals surface area contributed by atoms with Gasteiger partial charge in [-0.1, -0.05) is 28.1 Å². The smallest absolute Gasteiger partial charge is 0.260 e. The van der Waals surface area contributed by atoms with Crippen molar-refractivity contribution in [2.75, 3.05) is 32.8 Å². The molecule has 7 nitrogen and oxygen atoms in total. The van der Waals surface area contributed by atoms with Crippen molar-refractivity contribution < 1.29 is 22.3 Å². The average Bonchev–Trinajstić information content (AvgIpc) is 2.73. The van der Waals surface area contributed by atoms with Gasteiger partial charge in [-0.2, -0.15) is 9.57 Å². The Hall–Kier alpha value is -2.48. The summed E-state index contributed by atoms with van der Waals surface area (Å²) < 4.78 is 46.5. The number of nitriles is 1. The summed E-state index contributed by atoms with van der Waals surface area (Å²) in [5, 5.41) is 9.15. The maximum Gasteiger partial charge on any atom is 0.260 e. The van der Waals surface area contributed by atoms with E-state index in [1.807, 2.05) is 6.07 Å². The van der Waals surface area contributed by atoms with E-state index in [1.165, 1.54) is 33.5 Å². The van der Waals surface area contributed by atoms with Gasteiger partial charge >= 0.3 is 0 Å². The van der Waals surface area contributed by atoms with Gasteiger partial charge in [-0.25, -0.2) is 12.8 Å². The first-order valence-corrected chi connectivity index (χ1v) is 10.9. The zero-order chi connectivity index (χ0) is 21.0. The second-order valence-corrected chi connectivity index (χ2v) is 9.08. The Bertz CT molecular complexity index is 1060. The summed E-state index contributed by atoms with van der Waals surface area (Å²) in [5.74, 6) is -0.975. The number of carbonyl (C=O) groups is 1. The molecule has 152 valence electrons. The van der Waals surface area contributed by atoms with Crippen LogP contribution in [0.1, 0.15) is 5.56 Å². The lowest BCUT2D eigenvalue weighted by Gasteiger charge is -2.34. The first kappa shape index (κ1) is 21.2. The molecule has 0 saturated carbocycles. The highest BCUT2D eigenvalue weighted by atomic mass is 79.9. The van der Waals surface area contributed by atoms with Gasteiger partial charge in [0.15, 0.2) is 18.2 Å². The maximum atomic E-state index is 13.8. The minimum absolute atomic E-state index is 0.0316. The first-order valence-electron chi connectivity index (χ1n) is 8.68. The Kier molecular flexibility index (Phi) is 6.52. The van der Waals surface area contributed by atoms with Crippen molar-refractivity contribution in [3.8, 4) is 11.8 Å². The largest absolute Gasteiger partial charge is 0.481 e. The lowest BCUT2D eigenvalue weighted by atomic mass is 10.2. The van der Waals surface area contributed by atoms with Crippen molar-refractivity contribution >= 4 is 31.9 Å². The fourth-order valence-electron chi connectivity index (χ4n) is 2.92. The molecule has 1 amide bonds. The number of ether oxygens (including phenoxy) is 1. The second kappa shape index (κ2) is 8.90. The standard InChI is InChI=1S/C19H17BrFN3O4S/c20-15-5-6-17(16(21)11-15)28-13-19(25)23-7-9-24(10-8-23)29(26,27)18-4-2-1-3-14(18)12-22/h1-6,11H,7-10,13H2. The van der Waals surface area contributed by atoms with Gasteiger partial charge in [0.25, 0.3) is 5.91 Å². The van der Waals surface area contributed by atoms with Gasteiger partial charge in [-0.3, -0.25) is 4.79 Å². The summed E-state index contributed by atoms with van der Waals surface area (Å²) >= 11 is 3.14. The van der Waals surface area contributed by atoms with Crippen LogP contribution in [0.5, 0.6) is 5.75 Å². The van der Waals surface area contributed by atoms with Gasteiger partial charge in [-0.15, -0.1) is 0 Å². The predicted octanol–water partition coefficient (Wildman–Crippen LogP) is 2.37. The number of carbonyl (C=O) groups excluding carboxylic acids is 1. The number of nitrogens with zero attached hydrogens (tertiary/aromatic N) is 3. The molecule has 0 bridgehead atoms. The molecule has 0 atom stereocenters. The summed E-state index contributed by atoms with van der Waals surface area (Å²) in [7, 11) is -3.83. The molecule has 10 heteroatoms. The molecular formula is C19H17BrFN3O4S. The Morgan fingerprint density at radius 1 is 1.17 bits per heavy atom. The number of hydrogen-bond acceptors (Lipinski definition) is 5. The van der Waals surface area contributed by atoms with E-state index >= 15 is 0 Å². The molecule has 0 aromatic heterocycles. The minimum Gasteiger partial charge on any atom is -0.481 e. The molecule has 0 spiro atoms. The molecule has 29 heavy (non-hydrogen) atoms. The number of amides is 1. The number of piperazine rings is 1. The zero-order valence-corrected chi connectivity index (χ0v) is 17.6. The summed E-state index contributed by atoms with van der Waals surface area (Å²) in [6.07, 6.45) is 0. The van der Waals surface area contributed by atoms with Crippen molar-refractivity contribution in [2.45, 2.75) is 4.90 Å². The van der Waals surface area contributed by atoms with Crippen LogP contribution >= 0.6 is 15.9 Å². The predicted molar refractivity (Wildman–Crippen MR) is 106 cm³/mol. The molecule has 1 aliphatic rings. The summed E-state index contributed by atoms with van der Waals surface area (Å²) in [6, 6.07) is 12.2. The third-order valence-corrected chi connectivity index (χ3v) is 6.91. The van der Waals surface area contributed by atoms with E-state index in [-0.39, 0.29) is 54.9 Å². The van der Waals surface area contributed by atoms with Crippen LogP contribution in [-0.2, 0) is 14.8 Å². The Labute approximate surface area is 176 Å². The molecule has 1 fully saturated rings. The fourth-order valence-corrected chi connectivity index (χ4v) is 4.82. The average molecular weight is 482 g/mol. The Balaban J connectivity index is 1.60. The highest BCUT2D eigenvalue weighted by Crippen LogP contribution is 2.23. The van der Waals surface area contributed by atoms with Gasteiger partial charge in [0, 0.05) is 30.7 Å². The Morgan fingerprint density at radius 3 is 2.52 bits per heavy atom. The van der Waals surface area contributed by atoms with E-state index in [9.17, 15) is 17.6 Å². The van der Waals surface area contributed by atoms with Crippen LogP contribution < -0.4 is 4.74 Å². The van der Waals surface area contributed by atoms with Crippen molar-refractivity contribution in [2.24, 2.45) is 0 Å². The fraction of sp³-hybridized carbons (Fsp3) is 0.263. The SMILES string of the molecule is N#Cc1ccccc1S(=O)(=O)N1CCN(C(=O)COc2ccc(Br)cc2F)CC1. The third kappa shape index (κ3) is 4.75. The van der Waals surface area contributed by atoms with Gasteiger partial charge in [0.1, 0.15) is 6.07 Å². The maximum absolute atomic E-state index is 13.8. The molecule has 1 aliphatic heterocycles. The molecule has 0 unspecified atom stereocenters. The molecule has 1 saturated heterocycles. The van der Waals surface area contributed by atoms with E-state index in [4.69, 9.17) is 10.00 Å². The van der Waals surface area contributed by atoms with Gasteiger partial charge in [0.05, 0.1) is 10.5 Å². The van der Waals surface area contributed by atoms with Crippen LogP contribution in [0, 0.1) is 17.1 Å². The van der Waals surface area contributed by atoms with Crippen LogP contribution in [0.4, 0.5) is 4.39 Å². The number of halogens is 2. The lowest BCUT2D eigenvalue weighted by Crippen LogP contribution is -2.51. The quantitative estimate of drug-likeness (QED) is 0.653. The number of rotatable bonds is 5. The topological polar surface area (TPSA) is 90.7 Å². The highest BCUT2D eigenvalue weighted by Gasteiger charge is 2.31. The monoisotopic (exact) mass is 481 g/mol. The van der Waals surface area contributed by atoms with Crippen LogP contribution in [0.2, 0.25) is 0 Å².